The van der Waals surface area contributed by atoms with E-state index in [1.54, 1.807) is 54.6 Å². The molecule has 5 nitrogen and oxygen atoms in total. The minimum atomic E-state index is -3.98. The lowest BCUT2D eigenvalue weighted by Gasteiger charge is -2.19. The Balaban J connectivity index is 1.87. The molecule has 0 aliphatic heterocycles. The molecule has 1 aromatic heterocycles. The molecular formula is C26H21Cl2NO4S. The molecule has 0 amide bonds. The maximum atomic E-state index is 14.0. The SMILES string of the molecule is C=CC(c1ccc(Cl)c(C)c1)S(=O)(=O)n1c(Cc2ccc(C(=O)O)cc2)cc2cc(Cl)ccc21. The lowest BCUT2D eigenvalue weighted by molar-refractivity contribution is 0.0697. The van der Waals surface area contributed by atoms with Crippen molar-refractivity contribution in [1.82, 2.24) is 3.97 Å². The van der Waals surface area contributed by atoms with Crippen molar-refractivity contribution in [3.05, 3.63) is 117 Å². The number of rotatable bonds is 7. The Morgan fingerprint density at radius 2 is 1.76 bits per heavy atom. The fourth-order valence-electron chi connectivity index (χ4n) is 4.00. The lowest BCUT2D eigenvalue weighted by Crippen LogP contribution is -2.22. The fraction of sp³-hybridized carbons (Fsp3) is 0.115. The molecule has 3 aromatic carbocycles. The van der Waals surface area contributed by atoms with E-state index < -0.39 is 21.2 Å². The first-order valence-electron chi connectivity index (χ1n) is 10.4. The smallest absolute Gasteiger partial charge is 0.335 e. The van der Waals surface area contributed by atoms with Crippen LogP contribution in [0.4, 0.5) is 0 Å². The third-order valence-electron chi connectivity index (χ3n) is 5.68. The molecule has 8 heteroatoms. The van der Waals surface area contributed by atoms with Crippen molar-refractivity contribution < 1.29 is 18.3 Å². The molecule has 0 radical (unpaired) electrons. The number of halogens is 2. The van der Waals surface area contributed by atoms with E-state index in [9.17, 15) is 13.2 Å². The van der Waals surface area contributed by atoms with Crippen LogP contribution in [0.25, 0.3) is 10.9 Å². The van der Waals surface area contributed by atoms with Gasteiger partial charge in [0.2, 0.25) is 10.0 Å². The Hall–Kier alpha value is -3.06. The summed E-state index contributed by atoms with van der Waals surface area (Å²) >= 11 is 12.3. The number of hydrogen-bond donors (Lipinski definition) is 1. The number of aryl methyl sites for hydroxylation is 1. The van der Waals surface area contributed by atoms with Crippen molar-refractivity contribution in [3.8, 4) is 0 Å². The van der Waals surface area contributed by atoms with Gasteiger partial charge in [0.25, 0.3) is 0 Å². The number of carboxylic acids is 1. The average Bonchev–Trinajstić information content (AvgIpc) is 3.14. The summed E-state index contributed by atoms with van der Waals surface area (Å²) in [5.41, 5.74) is 3.28. The Kier molecular flexibility index (Phi) is 6.58. The summed E-state index contributed by atoms with van der Waals surface area (Å²) in [6.07, 6.45) is 1.68. The quantitative estimate of drug-likeness (QED) is 0.280. The van der Waals surface area contributed by atoms with Gasteiger partial charge in [-0.1, -0.05) is 53.5 Å². The second-order valence-electron chi connectivity index (χ2n) is 7.99. The molecule has 0 spiro atoms. The Labute approximate surface area is 207 Å². The molecule has 1 N–H and O–H groups in total. The largest absolute Gasteiger partial charge is 0.478 e. The van der Waals surface area contributed by atoms with Crippen LogP contribution < -0.4 is 0 Å². The highest BCUT2D eigenvalue weighted by Gasteiger charge is 2.30. The van der Waals surface area contributed by atoms with Crippen LogP contribution in [-0.4, -0.2) is 23.5 Å². The van der Waals surface area contributed by atoms with Gasteiger partial charge in [0.1, 0.15) is 5.25 Å². The van der Waals surface area contributed by atoms with Crippen molar-refractivity contribution >= 4 is 50.1 Å². The number of aromatic nitrogens is 1. The third-order valence-corrected chi connectivity index (χ3v) is 8.38. The highest BCUT2D eigenvalue weighted by Crippen LogP contribution is 2.34. The van der Waals surface area contributed by atoms with E-state index in [-0.39, 0.29) is 12.0 Å². The van der Waals surface area contributed by atoms with E-state index in [2.05, 4.69) is 6.58 Å². The average molecular weight is 514 g/mol. The Morgan fingerprint density at radius 3 is 2.38 bits per heavy atom. The second-order valence-corrected chi connectivity index (χ2v) is 10.7. The number of aromatic carboxylic acids is 1. The second kappa shape index (κ2) is 9.29. The molecule has 0 aliphatic carbocycles. The van der Waals surface area contributed by atoms with Crippen LogP contribution in [0.2, 0.25) is 10.0 Å². The zero-order chi connectivity index (χ0) is 24.6. The molecule has 174 valence electrons. The molecule has 4 aromatic rings. The summed E-state index contributed by atoms with van der Waals surface area (Å²) < 4.78 is 29.4. The highest BCUT2D eigenvalue weighted by atomic mass is 35.5. The van der Waals surface area contributed by atoms with Gasteiger partial charge in [0, 0.05) is 27.5 Å². The van der Waals surface area contributed by atoms with E-state index in [1.165, 1.54) is 22.2 Å². The summed E-state index contributed by atoms with van der Waals surface area (Å²) in [5.74, 6) is -1.02. The molecule has 0 fully saturated rings. The first kappa shape index (κ1) is 24.1. The van der Waals surface area contributed by atoms with Crippen molar-refractivity contribution in [2.24, 2.45) is 0 Å². The fourth-order valence-corrected chi connectivity index (χ4v) is 6.15. The molecular weight excluding hydrogens is 493 g/mol. The van der Waals surface area contributed by atoms with Crippen molar-refractivity contribution in [2.75, 3.05) is 0 Å². The van der Waals surface area contributed by atoms with Crippen LogP contribution in [0.5, 0.6) is 0 Å². The van der Waals surface area contributed by atoms with Crippen molar-refractivity contribution in [1.29, 1.82) is 0 Å². The van der Waals surface area contributed by atoms with E-state index in [1.807, 2.05) is 6.92 Å². The molecule has 0 saturated heterocycles. The summed E-state index contributed by atoms with van der Waals surface area (Å²) in [6.45, 7) is 5.61. The number of nitrogens with zero attached hydrogens (tertiary/aromatic N) is 1. The van der Waals surface area contributed by atoms with Gasteiger partial charge >= 0.3 is 5.97 Å². The first-order valence-corrected chi connectivity index (χ1v) is 12.6. The summed E-state index contributed by atoms with van der Waals surface area (Å²) in [6, 6.07) is 18.3. The number of carbonyl (C=O) groups is 1. The van der Waals surface area contributed by atoms with Gasteiger partial charge in [-0.15, -0.1) is 6.58 Å². The summed E-state index contributed by atoms with van der Waals surface area (Å²) in [5, 5.41) is 9.87. The van der Waals surface area contributed by atoms with Gasteiger partial charge in [0.05, 0.1) is 11.1 Å². The summed E-state index contributed by atoms with van der Waals surface area (Å²) in [4.78, 5) is 11.2. The zero-order valence-corrected chi connectivity index (χ0v) is 20.5. The Bertz CT molecular complexity index is 1520. The maximum Gasteiger partial charge on any atom is 0.335 e. The number of carboxylic acid groups (broad SMARTS) is 1. The van der Waals surface area contributed by atoms with Gasteiger partial charge in [-0.05, 0) is 66.1 Å². The number of fused-ring (bicyclic) bond motifs is 1. The van der Waals surface area contributed by atoms with Gasteiger partial charge in [-0.3, -0.25) is 0 Å². The molecule has 1 unspecified atom stereocenters. The first-order chi connectivity index (χ1) is 16.1. The van der Waals surface area contributed by atoms with E-state index in [0.29, 0.717) is 32.2 Å². The molecule has 1 atom stereocenters. The Morgan fingerprint density at radius 1 is 1.06 bits per heavy atom. The topological polar surface area (TPSA) is 76.4 Å². The molecule has 0 saturated carbocycles. The third kappa shape index (κ3) is 4.49. The molecule has 0 aliphatic rings. The van der Waals surface area contributed by atoms with E-state index >= 15 is 0 Å². The van der Waals surface area contributed by atoms with Gasteiger partial charge < -0.3 is 5.11 Å². The van der Waals surface area contributed by atoms with Crippen molar-refractivity contribution in [2.45, 2.75) is 18.6 Å². The normalized spacial score (nSPS) is 12.6. The lowest BCUT2D eigenvalue weighted by atomic mass is 10.1. The standard InChI is InChI=1S/C26H21Cl2NO4S/c1-3-25(19-8-10-23(28)16(2)12-19)34(32,33)29-22(15-20-14-21(27)9-11-24(20)29)13-17-4-6-18(7-5-17)26(30)31/h3-12,14-15,25H,1,13H2,2H3,(H,30,31). The van der Waals surface area contributed by atoms with Crippen LogP contribution in [0, 0.1) is 6.92 Å². The van der Waals surface area contributed by atoms with Gasteiger partial charge in [-0.25, -0.2) is 17.2 Å². The van der Waals surface area contributed by atoms with Crippen LogP contribution in [0.1, 0.15) is 38.0 Å². The van der Waals surface area contributed by atoms with Crippen LogP contribution in [0.15, 0.2) is 79.4 Å². The van der Waals surface area contributed by atoms with Gasteiger partial charge in [-0.2, -0.15) is 0 Å². The minimum Gasteiger partial charge on any atom is -0.478 e. The number of benzene rings is 3. The molecule has 1 heterocycles. The predicted octanol–water partition coefficient (Wildman–Crippen LogP) is 6.65. The minimum absolute atomic E-state index is 0.161. The predicted molar refractivity (Wildman–Crippen MR) is 137 cm³/mol. The monoisotopic (exact) mass is 513 g/mol. The molecule has 4 rings (SSSR count). The van der Waals surface area contributed by atoms with Gasteiger partial charge in [0.15, 0.2) is 0 Å². The van der Waals surface area contributed by atoms with Crippen LogP contribution in [0.3, 0.4) is 0 Å². The van der Waals surface area contributed by atoms with Crippen molar-refractivity contribution in [3.63, 3.8) is 0 Å². The van der Waals surface area contributed by atoms with E-state index in [0.717, 1.165) is 11.1 Å². The maximum absolute atomic E-state index is 14.0. The molecule has 0 bridgehead atoms. The zero-order valence-electron chi connectivity index (χ0n) is 18.2. The highest BCUT2D eigenvalue weighted by molar-refractivity contribution is 7.90. The summed E-state index contributed by atoms with van der Waals surface area (Å²) in [7, 11) is -3.98. The molecule has 34 heavy (non-hydrogen) atoms. The van der Waals surface area contributed by atoms with E-state index in [4.69, 9.17) is 28.3 Å². The van der Waals surface area contributed by atoms with Crippen LogP contribution in [-0.2, 0) is 16.4 Å². The number of hydrogen-bond acceptors (Lipinski definition) is 3. The van der Waals surface area contributed by atoms with Crippen LogP contribution >= 0.6 is 23.2 Å².